The average molecular weight is 228 g/mol. The van der Waals surface area contributed by atoms with E-state index in [2.05, 4.69) is 0 Å². The molecule has 0 atom stereocenters. The molecule has 0 aliphatic carbocycles. The van der Waals surface area contributed by atoms with Crippen molar-refractivity contribution in [3.63, 3.8) is 0 Å². The van der Waals surface area contributed by atoms with Gasteiger partial charge in [0, 0.05) is 25.0 Å². The number of nitrogens with zero attached hydrogens (tertiary/aromatic N) is 1. The van der Waals surface area contributed by atoms with Gasteiger partial charge in [-0.15, -0.1) is 0 Å². The van der Waals surface area contributed by atoms with Gasteiger partial charge in [0.2, 0.25) is 11.5 Å². The van der Waals surface area contributed by atoms with Gasteiger partial charge < -0.3 is 17.0 Å². The summed E-state index contributed by atoms with van der Waals surface area (Å²) in [6.07, 6.45) is 3.66. The topological polar surface area (TPSA) is 20.9 Å². The quantitative estimate of drug-likeness (QED) is 0.468. The smallest absolute Gasteiger partial charge is 0.248 e. The number of fused-ring (bicyclic) bond motifs is 1. The van der Waals surface area contributed by atoms with E-state index in [9.17, 15) is 4.79 Å². The number of hydrogen-bond acceptors (Lipinski definition) is 1. The first kappa shape index (κ1) is 9.39. The van der Waals surface area contributed by atoms with Crippen LogP contribution in [-0.4, -0.2) is 5.78 Å². The van der Waals surface area contributed by atoms with Gasteiger partial charge in [0.25, 0.3) is 0 Å². The van der Waals surface area contributed by atoms with E-state index in [1.165, 1.54) is 0 Å². The lowest BCUT2D eigenvalue weighted by atomic mass is 10.1. The van der Waals surface area contributed by atoms with Crippen LogP contribution in [0, 0.1) is 0 Å². The van der Waals surface area contributed by atoms with Gasteiger partial charge in [0.15, 0.2) is 6.20 Å². The lowest BCUT2D eigenvalue weighted by molar-refractivity contribution is -0.701. The molecule has 0 N–H and O–H groups in total. The van der Waals surface area contributed by atoms with Crippen LogP contribution < -0.4 is 21.5 Å². The van der Waals surface area contributed by atoms with Crippen molar-refractivity contribution in [2.45, 2.75) is 19.4 Å². The van der Waals surface area contributed by atoms with E-state index >= 15 is 0 Å². The van der Waals surface area contributed by atoms with Gasteiger partial charge in [0.1, 0.15) is 6.54 Å². The molecule has 0 unspecified atom stereocenters. The third kappa shape index (κ3) is 1.55. The van der Waals surface area contributed by atoms with Crippen molar-refractivity contribution in [2.24, 2.45) is 0 Å². The monoisotopic (exact) mass is 227 g/mol. The van der Waals surface area contributed by atoms with Crippen LogP contribution in [0.1, 0.15) is 23.3 Å². The van der Waals surface area contributed by atoms with Gasteiger partial charge in [-0.05, 0) is 6.07 Å². The SMILES string of the molecule is O=C1CCC[n+]2ccccc21.[Br-]. The summed E-state index contributed by atoms with van der Waals surface area (Å²) in [5.41, 5.74) is 0.860. The molecule has 0 saturated carbocycles. The Labute approximate surface area is 82.0 Å². The summed E-state index contributed by atoms with van der Waals surface area (Å²) >= 11 is 0. The number of Topliss-reactive ketones (excluding diaryl/α,β-unsaturated/α-hetero) is 1. The van der Waals surface area contributed by atoms with Crippen LogP contribution in [0.15, 0.2) is 24.4 Å². The van der Waals surface area contributed by atoms with Crippen molar-refractivity contribution in [3.8, 4) is 0 Å². The molecule has 12 heavy (non-hydrogen) atoms. The second kappa shape index (κ2) is 3.81. The highest BCUT2D eigenvalue weighted by atomic mass is 79.9. The number of ketones is 1. The van der Waals surface area contributed by atoms with Crippen molar-refractivity contribution < 1.29 is 26.3 Å². The largest absolute Gasteiger partial charge is 1.00 e. The Morgan fingerprint density at radius 3 is 2.92 bits per heavy atom. The zero-order valence-electron chi connectivity index (χ0n) is 6.66. The van der Waals surface area contributed by atoms with Crippen LogP contribution in [-0.2, 0) is 6.54 Å². The molecule has 3 heteroatoms. The molecule has 0 spiro atoms. The Morgan fingerprint density at radius 2 is 2.17 bits per heavy atom. The third-order valence-electron chi connectivity index (χ3n) is 2.03. The number of rotatable bonds is 0. The summed E-state index contributed by atoms with van der Waals surface area (Å²) in [6, 6.07) is 5.76. The van der Waals surface area contributed by atoms with Crippen molar-refractivity contribution in [1.82, 2.24) is 0 Å². The Hall–Kier alpha value is -0.700. The molecule has 1 aliphatic rings. The molecular weight excluding hydrogens is 218 g/mol. The van der Waals surface area contributed by atoms with Crippen LogP contribution in [0.5, 0.6) is 0 Å². The Bertz CT molecular complexity index is 298. The summed E-state index contributed by atoms with van der Waals surface area (Å²) in [5, 5.41) is 0. The van der Waals surface area contributed by atoms with E-state index in [4.69, 9.17) is 0 Å². The van der Waals surface area contributed by atoms with Gasteiger partial charge in [-0.25, -0.2) is 0 Å². The fourth-order valence-corrected chi connectivity index (χ4v) is 1.46. The van der Waals surface area contributed by atoms with Gasteiger partial charge in [-0.3, -0.25) is 4.79 Å². The Balaban J connectivity index is 0.000000720. The number of hydrogen-bond donors (Lipinski definition) is 0. The highest BCUT2D eigenvalue weighted by Crippen LogP contribution is 2.05. The molecule has 0 amide bonds. The second-order valence-corrected chi connectivity index (χ2v) is 2.81. The van der Waals surface area contributed by atoms with Crippen LogP contribution in [0.4, 0.5) is 0 Å². The Morgan fingerprint density at radius 1 is 1.33 bits per heavy atom. The zero-order valence-corrected chi connectivity index (χ0v) is 8.25. The first-order chi connectivity index (χ1) is 5.38. The third-order valence-corrected chi connectivity index (χ3v) is 2.03. The van der Waals surface area contributed by atoms with Gasteiger partial charge in [-0.1, -0.05) is 0 Å². The van der Waals surface area contributed by atoms with Crippen LogP contribution >= 0.6 is 0 Å². The molecule has 2 heterocycles. The minimum absolute atomic E-state index is 0. The molecule has 0 saturated heterocycles. The van der Waals surface area contributed by atoms with Crippen molar-refractivity contribution >= 4 is 5.78 Å². The minimum atomic E-state index is 0. The summed E-state index contributed by atoms with van der Waals surface area (Å²) in [7, 11) is 0. The molecule has 0 bridgehead atoms. The van der Waals surface area contributed by atoms with Gasteiger partial charge >= 0.3 is 0 Å². The van der Waals surface area contributed by atoms with Crippen molar-refractivity contribution in [1.29, 1.82) is 0 Å². The van der Waals surface area contributed by atoms with E-state index in [1.54, 1.807) is 0 Å². The highest BCUT2D eigenvalue weighted by Gasteiger charge is 2.22. The van der Waals surface area contributed by atoms with E-state index < -0.39 is 0 Å². The van der Waals surface area contributed by atoms with Gasteiger partial charge in [0.05, 0.1) is 0 Å². The second-order valence-electron chi connectivity index (χ2n) is 2.81. The molecule has 0 aromatic carbocycles. The molecule has 2 rings (SSSR count). The summed E-state index contributed by atoms with van der Waals surface area (Å²) in [6.45, 7) is 0.988. The molecule has 64 valence electrons. The number of carbonyl (C=O) groups is 1. The highest BCUT2D eigenvalue weighted by molar-refractivity contribution is 5.93. The molecule has 0 fully saturated rings. The van der Waals surface area contributed by atoms with Gasteiger partial charge in [-0.2, -0.15) is 4.57 Å². The first-order valence-corrected chi connectivity index (χ1v) is 3.89. The number of aryl methyl sites for hydroxylation is 1. The van der Waals surface area contributed by atoms with Crippen LogP contribution in [0.2, 0.25) is 0 Å². The van der Waals surface area contributed by atoms with E-state index in [0.717, 1.165) is 18.7 Å². The summed E-state index contributed by atoms with van der Waals surface area (Å²) < 4.78 is 2.02. The van der Waals surface area contributed by atoms with Crippen molar-refractivity contribution in [3.05, 3.63) is 30.1 Å². The van der Waals surface area contributed by atoms with Crippen LogP contribution in [0.25, 0.3) is 0 Å². The molecule has 0 radical (unpaired) electrons. The fraction of sp³-hybridized carbons (Fsp3) is 0.333. The number of aromatic nitrogens is 1. The number of halogens is 1. The average Bonchev–Trinajstić information content (AvgIpc) is 2.06. The van der Waals surface area contributed by atoms with E-state index in [1.807, 2.05) is 29.0 Å². The number of pyridine rings is 1. The lowest BCUT2D eigenvalue weighted by Gasteiger charge is -2.06. The first-order valence-electron chi connectivity index (χ1n) is 3.89. The molecule has 2 nitrogen and oxygen atoms in total. The van der Waals surface area contributed by atoms with Crippen LogP contribution in [0.3, 0.4) is 0 Å². The van der Waals surface area contributed by atoms with E-state index in [-0.39, 0.29) is 22.8 Å². The summed E-state index contributed by atoms with van der Waals surface area (Å²) in [4.78, 5) is 11.3. The maximum Gasteiger partial charge on any atom is 0.248 e. The molecule has 1 aromatic heterocycles. The number of carbonyl (C=O) groups excluding carboxylic acids is 1. The molecule has 1 aliphatic heterocycles. The predicted octanol–water partition coefficient (Wildman–Crippen LogP) is -2.05. The standard InChI is InChI=1S/C9H10NO.BrH/c11-9-5-3-7-10-6-2-1-4-8(9)10;/h1-2,4,6H,3,5,7H2;1H/q+1;/p-1. The maximum atomic E-state index is 11.3. The van der Waals surface area contributed by atoms with E-state index in [0.29, 0.717) is 6.42 Å². The Kier molecular flexibility index (Phi) is 2.98. The molecular formula is C9H10BrNO. The summed E-state index contributed by atoms with van der Waals surface area (Å²) in [5.74, 6) is 0.275. The predicted molar refractivity (Wildman–Crippen MR) is 40.2 cm³/mol. The fourth-order valence-electron chi connectivity index (χ4n) is 1.46. The molecule has 1 aromatic rings. The lowest BCUT2D eigenvalue weighted by Crippen LogP contribution is -3.00. The zero-order chi connectivity index (χ0) is 7.68. The normalized spacial score (nSPS) is 14.8. The minimum Gasteiger partial charge on any atom is -1.00 e. The maximum absolute atomic E-state index is 11.3. The van der Waals surface area contributed by atoms with Crippen molar-refractivity contribution in [2.75, 3.05) is 0 Å².